The molecule has 1 heteroatoms. The number of rotatable bonds is 5. The van der Waals surface area contributed by atoms with Crippen molar-refractivity contribution in [3.63, 3.8) is 0 Å². The molecule has 0 radical (unpaired) electrons. The normalized spacial score (nSPS) is 15.0. The molecule has 0 aliphatic heterocycles. The van der Waals surface area contributed by atoms with Crippen molar-refractivity contribution in [1.29, 1.82) is 0 Å². The van der Waals surface area contributed by atoms with Crippen LogP contribution in [0.25, 0.3) is 33.4 Å². The van der Waals surface area contributed by atoms with Crippen molar-refractivity contribution in [3.05, 3.63) is 195 Å². The largest absolute Gasteiger partial charge is 0.310 e. The standard InChI is InChI=1S/C58H57N/c1-11-36-30-37(12-2)32-41(31-36)59(53-23-17-20-47-43-19-13-15-21-48(43)57(9,10)54(47)53)40-26-29-46-42-18-14-16-22-49(42)58(52(46)35-40)50-33-38(55(3,4)5)24-27-44(50)45-28-25-39(34-51(45)58)56(6,7)8/h13-35H,11-12H2,1-10H3. The molecular formula is C58H57N. The van der Waals surface area contributed by atoms with Gasteiger partial charge in [-0.2, -0.15) is 0 Å². The summed E-state index contributed by atoms with van der Waals surface area (Å²) in [6.07, 6.45) is 1.97. The first-order chi connectivity index (χ1) is 28.2. The summed E-state index contributed by atoms with van der Waals surface area (Å²) in [5.41, 5.74) is 24.9. The van der Waals surface area contributed by atoms with Crippen LogP contribution >= 0.6 is 0 Å². The fourth-order valence-corrected chi connectivity index (χ4v) is 11.0. The number of hydrogen-bond donors (Lipinski definition) is 0. The summed E-state index contributed by atoms with van der Waals surface area (Å²) in [7, 11) is 0. The van der Waals surface area contributed by atoms with Gasteiger partial charge < -0.3 is 4.90 Å². The summed E-state index contributed by atoms with van der Waals surface area (Å²) < 4.78 is 0. The average molecular weight is 768 g/mol. The second kappa shape index (κ2) is 12.9. The SMILES string of the molecule is CCc1cc(CC)cc(N(c2ccc3c(c2)C2(c4ccccc4-3)c3cc(C(C)(C)C)ccc3-c3ccc(C(C)(C)C)cc32)c2cccc3c2C(C)(C)c2ccccc2-3)c1. The van der Waals surface area contributed by atoms with Gasteiger partial charge in [0, 0.05) is 16.8 Å². The van der Waals surface area contributed by atoms with Crippen LogP contribution in [-0.2, 0) is 34.5 Å². The molecule has 0 saturated carbocycles. The van der Waals surface area contributed by atoms with Crippen molar-refractivity contribution in [3.8, 4) is 33.4 Å². The van der Waals surface area contributed by atoms with Gasteiger partial charge in [-0.05, 0) is 143 Å². The molecule has 0 atom stereocenters. The van der Waals surface area contributed by atoms with Gasteiger partial charge in [0.25, 0.3) is 0 Å². The number of anilines is 3. The Bertz CT molecular complexity index is 2760. The lowest BCUT2D eigenvalue weighted by Crippen LogP contribution is -2.28. The van der Waals surface area contributed by atoms with Crippen LogP contribution in [0.1, 0.15) is 125 Å². The van der Waals surface area contributed by atoms with Crippen LogP contribution in [0, 0.1) is 0 Å². The van der Waals surface area contributed by atoms with Crippen LogP contribution in [0.4, 0.5) is 17.1 Å². The highest BCUT2D eigenvalue weighted by Gasteiger charge is 2.52. The topological polar surface area (TPSA) is 3.24 Å². The minimum Gasteiger partial charge on any atom is -0.310 e. The van der Waals surface area contributed by atoms with Gasteiger partial charge in [-0.25, -0.2) is 0 Å². The van der Waals surface area contributed by atoms with Crippen LogP contribution in [-0.4, -0.2) is 0 Å². The molecule has 0 fully saturated rings. The van der Waals surface area contributed by atoms with E-state index in [1.807, 2.05) is 0 Å². The van der Waals surface area contributed by atoms with Crippen LogP contribution in [0.5, 0.6) is 0 Å². The molecule has 1 nitrogen and oxygen atoms in total. The average Bonchev–Trinajstić information content (AvgIpc) is 3.78. The van der Waals surface area contributed by atoms with Crippen molar-refractivity contribution in [2.24, 2.45) is 0 Å². The smallest absolute Gasteiger partial charge is 0.0726 e. The Kier molecular flexibility index (Phi) is 8.23. The Morgan fingerprint density at radius 1 is 0.424 bits per heavy atom. The summed E-state index contributed by atoms with van der Waals surface area (Å²) in [6.45, 7) is 23.5. The number of hydrogen-bond acceptors (Lipinski definition) is 1. The Morgan fingerprint density at radius 2 is 0.898 bits per heavy atom. The maximum absolute atomic E-state index is 2.61. The fraction of sp³-hybridized carbons (Fsp3) is 0.276. The molecule has 0 heterocycles. The first-order valence-corrected chi connectivity index (χ1v) is 21.9. The number of fused-ring (bicyclic) bond motifs is 13. The molecule has 3 aliphatic carbocycles. The van der Waals surface area contributed by atoms with E-state index < -0.39 is 5.41 Å². The van der Waals surface area contributed by atoms with Gasteiger partial charge in [0.05, 0.1) is 11.1 Å². The summed E-state index contributed by atoms with van der Waals surface area (Å²) in [6, 6.07) is 54.7. The summed E-state index contributed by atoms with van der Waals surface area (Å²) in [5, 5.41) is 0. The summed E-state index contributed by atoms with van der Waals surface area (Å²) in [5.74, 6) is 0. The predicted molar refractivity (Wildman–Crippen MR) is 251 cm³/mol. The van der Waals surface area contributed by atoms with Crippen molar-refractivity contribution in [2.75, 3.05) is 4.90 Å². The van der Waals surface area contributed by atoms with E-state index in [-0.39, 0.29) is 16.2 Å². The highest BCUT2D eigenvalue weighted by atomic mass is 15.1. The first-order valence-electron chi connectivity index (χ1n) is 21.9. The molecule has 3 aliphatic rings. The van der Waals surface area contributed by atoms with E-state index >= 15 is 0 Å². The monoisotopic (exact) mass is 767 g/mol. The van der Waals surface area contributed by atoms with Gasteiger partial charge in [-0.3, -0.25) is 0 Å². The molecule has 0 unspecified atom stereocenters. The molecule has 1 spiro atoms. The number of nitrogens with zero attached hydrogens (tertiary/aromatic N) is 1. The third-order valence-electron chi connectivity index (χ3n) is 14.1. The molecule has 0 aromatic heterocycles. The van der Waals surface area contributed by atoms with Crippen molar-refractivity contribution in [2.45, 2.75) is 104 Å². The van der Waals surface area contributed by atoms with Gasteiger partial charge in [-0.15, -0.1) is 0 Å². The Labute approximate surface area is 352 Å². The zero-order chi connectivity index (χ0) is 41.2. The lowest BCUT2D eigenvalue weighted by Gasteiger charge is -2.35. The highest BCUT2D eigenvalue weighted by Crippen LogP contribution is 2.64. The Morgan fingerprint density at radius 3 is 1.46 bits per heavy atom. The van der Waals surface area contributed by atoms with E-state index in [0.717, 1.165) is 12.8 Å². The van der Waals surface area contributed by atoms with Crippen molar-refractivity contribution >= 4 is 17.1 Å². The molecule has 0 N–H and O–H groups in total. The van der Waals surface area contributed by atoms with Gasteiger partial charge in [0.1, 0.15) is 0 Å². The van der Waals surface area contributed by atoms with Gasteiger partial charge >= 0.3 is 0 Å². The van der Waals surface area contributed by atoms with E-state index in [1.54, 1.807) is 0 Å². The van der Waals surface area contributed by atoms with E-state index in [0.29, 0.717) is 0 Å². The maximum atomic E-state index is 2.61. The second-order valence-electron chi connectivity index (χ2n) is 20.0. The summed E-state index contributed by atoms with van der Waals surface area (Å²) >= 11 is 0. The minimum atomic E-state index is -0.477. The van der Waals surface area contributed by atoms with Crippen molar-refractivity contribution < 1.29 is 0 Å². The van der Waals surface area contributed by atoms with Crippen LogP contribution in [0.3, 0.4) is 0 Å². The van der Waals surface area contributed by atoms with Gasteiger partial charge in [0.2, 0.25) is 0 Å². The molecule has 0 bridgehead atoms. The fourth-order valence-electron chi connectivity index (χ4n) is 11.0. The second-order valence-corrected chi connectivity index (χ2v) is 20.0. The Hall–Kier alpha value is -5.66. The van der Waals surface area contributed by atoms with Crippen LogP contribution in [0.15, 0.2) is 140 Å². The van der Waals surface area contributed by atoms with Crippen molar-refractivity contribution in [1.82, 2.24) is 0 Å². The molecule has 10 rings (SSSR count). The lowest BCUT2D eigenvalue weighted by atomic mass is 9.68. The van der Waals surface area contributed by atoms with E-state index in [2.05, 4.69) is 214 Å². The molecular weight excluding hydrogens is 711 g/mol. The third kappa shape index (κ3) is 5.36. The maximum Gasteiger partial charge on any atom is 0.0726 e. The van der Waals surface area contributed by atoms with Gasteiger partial charge in [-0.1, -0.05) is 178 Å². The molecule has 0 saturated heterocycles. The van der Waals surface area contributed by atoms with E-state index in [4.69, 9.17) is 0 Å². The zero-order valence-corrected chi connectivity index (χ0v) is 36.6. The predicted octanol–water partition coefficient (Wildman–Crippen LogP) is 15.5. The number of aryl methyl sites for hydroxylation is 2. The lowest BCUT2D eigenvalue weighted by molar-refractivity contribution is 0.586. The zero-order valence-electron chi connectivity index (χ0n) is 36.6. The van der Waals surface area contributed by atoms with Crippen LogP contribution in [0.2, 0.25) is 0 Å². The van der Waals surface area contributed by atoms with Gasteiger partial charge in [0.15, 0.2) is 0 Å². The van der Waals surface area contributed by atoms with Crippen LogP contribution < -0.4 is 4.90 Å². The Balaban J connectivity index is 1.31. The molecule has 294 valence electrons. The molecule has 59 heavy (non-hydrogen) atoms. The first kappa shape index (κ1) is 37.6. The molecule has 7 aromatic carbocycles. The van der Waals surface area contributed by atoms with E-state index in [1.165, 1.54) is 106 Å². The minimum absolute atomic E-state index is 0.000508. The summed E-state index contributed by atoms with van der Waals surface area (Å²) in [4.78, 5) is 2.61. The number of benzene rings is 7. The van der Waals surface area contributed by atoms with E-state index in [9.17, 15) is 0 Å². The highest BCUT2D eigenvalue weighted by molar-refractivity contribution is 5.97. The molecule has 7 aromatic rings. The third-order valence-corrected chi connectivity index (χ3v) is 14.1. The molecule has 0 amide bonds. The quantitative estimate of drug-likeness (QED) is 0.169.